The molecule has 0 spiro atoms. The third-order valence-electron chi connectivity index (χ3n) is 4.64. The lowest BCUT2D eigenvalue weighted by Gasteiger charge is -2.21. The van der Waals surface area contributed by atoms with Crippen LogP contribution in [-0.2, 0) is 23.1 Å². The van der Waals surface area contributed by atoms with Crippen molar-refractivity contribution < 1.29 is 14.6 Å². The minimum atomic E-state index is -0.0856. The Morgan fingerprint density at radius 1 is 1.19 bits per heavy atom. The normalized spacial score (nSPS) is 11.6. The summed E-state index contributed by atoms with van der Waals surface area (Å²) < 4.78 is 14.5. The highest BCUT2D eigenvalue weighted by atomic mass is 16.5. The van der Waals surface area contributed by atoms with Gasteiger partial charge in [-0.3, -0.25) is 4.79 Å². The second-order valence-corrected chi connectivity index (χ2v) is 6.68. The van der Waals surface area contributed by atoms with Crippen LogP contribution in [0.4, 0.5) is 0 Å². The molecule has 0 fully saturated rings. The third kappa shape index (κ3) is 3.66. The molecule has 7 nitrogen and oxygen atoms in total. The van der Waals surface area contributed by atoms with Gasteiger partial charge in [0.15, 0.2) is 0 Å². The van der Waals surface area contributed by atoms with Gasteiger partial charge in [-0.1, -0.05) is 6.07 Å². The minimum absolute atomic E-state index is 0.0330. The van der Waals surface area contributed by atoms with Gasteiger partial charge in [0.05, 0.1) is 36.9 Å². The topological polar surface area (TPSA) is 78.5 Å². The van der Waals surface area contributed by atoms with Crippen molar-refractivity contribution in [2.24, 2.45) is 7.05 Å². The number of aromatic nitrogens is 3. The summed E-state index contributed by atoms with van der Waals surface area (Å²) in [6.45, 7) is 2.67. The summed E-state index contributed by atoms with van der Waals surface area (Å²) in [7, 11) is 5.04. The molecule has 0 saturated heterocycles. The smallest absolute Gasteiger partial charge is 0.253 e. The van der Waals surface area contributed by atoms with Crippen LogP contribution in [0.15, 0.2) is 35.3 Å². The van der Waals surface area contributed by atoms with Crippen molar-refractivity contribution in [2.75, 3.05) is 27.4 Å². The largest absolute Gasteiger partial charge is 0.392 e. The van der Waals surface area contributed by atoms with Gasteiger partial charge in [-0.2, -0.15) is 0 Å². The number of aliphatic hydroxyl groups excluding tert-OH is 1. The van der Waals surface area contributed by atoms with E-state index >= 15 is 0 Å². The molecule has 0 amide bonds. The summed E-state index contributed by atoms with van der Waals surface area (Å²) >= 11 is 0. The fraction of sp³-hybridized carbons (Fsp3) is 0.400. The predicted molar refractivity (Wildman–Crippen MR) is 104 cm³/mol. The maximum atomic E-state index is 12.1. The lowest BCUT2D eigenvalue weighted by molar-refractivity contribution is 0.0918. The summed E-state index contributed by atoms with van der Waals surface area (Å²) in [5, 5.41) is 9.46. The molecule has 144 valence electrons. The number of nitrogens with zero attached hydrogens (tertiary/aromatic N) is 3. The Morgan fingerprint density at radius 2 is 1.89 bits per heavy atom. The fourth-order valence-electron chi connectivity index (χ4n) is 3.40. The van der Waals surface area contributed by atoms with Gasteiger partial charge in [0.2, 0.25) is 0 Å². The van der Waals surface area contributed by atoms with Gasteiger partial charge < -0.3 is 23.7 Å². The zero-order valence-electron chi connectivity index (χ0n) is 16.1. The second-order valence-electron chi connectivity index (χ2n) is 6.68. The van der Waals surface area contributed by atoms with Crippen molar-refractivity contribution in [2.45, 2.75) is 19.6 Å². The van der Waals surface area contributed by atoms with Crippen LogP contribution in [-0.4, -0.2) is 46.7 Å². The second kappa shape index (κ2) is 8.04. The predicted octanol–water partition coefficient (Wildman–Crippen LogP) is 2.04. The Balaban J connectivity index is 2.29. The number of fused-ring (bicyclic) bond motifs is 1. The van der Waals surface area contributed by atoms with Gasteiger partial charge in [0, 0.05) is 38.6 Å². The Hall–Kier alpha value is -2.48. The zero-order valence-corrected chi connectivity index (χ0v) is 16.1. The molecule has 1 N–H and O–H groups in total. The number of imidazole rings is 1. The first-order chi connectivity index (χ1) is 13.0. The molecule has 0 aliphatic carbocycles. The number of methoxy groups -OCH3 is 2. The van der Waals surface area contributed by atoms with E-state index in [0.717, 1.165) is 28.0 Å². The molecular formula is C20H25N3O4. The van der Waals surface area contributed by atoms with Crippen LogP contribution in [0.25, 0.3) is 22.4 Å². The van der Waals surface area contributed by atoms with Crippen LogP contribution in [0.5, 0.6) is 0 Å². The van der Waals surface area contributed by atoms with E-state index in [1.807, 2.05) is 24.3 Å². The minimum Gasteiger partial charge on any atom is -0.392 e. The lowest BCUT2D eigenvalue weighted by atomic mass is 10.2. The first-order valence-electron chi connectivity index (χ1n) is 8.77. The van der Waals surface area contributed by atoms with Gasteiger partial charge in [0.25, 0.3) is 5.56 Å². The molecule has 0 radical (unpaired) electrons. The summed E-state index contributed by atoms with van der Waals surface area (Å²) in [5.74, 6) is 0.734. The van der Waals surface area contributed by atoms with E-state index in [4.69, 9.17) is 14.5 Å². The molecule has 1 aromatic carbocycles. The number of pyridine rings is 1. The molecule has 27 heavy (non-hydrogen) atoms. The van der Waals surface area contributed by atoms with Gasteiger partial charge in [0.1, 0.15) is 5.82 Å². The van der Waals surface area contributed by atoms with Crippen LogP contribution < -0.4 is 5.56 Å². The maximum Gasteiger partial charge on any atom is 0.253 e. The first-order valence-corrected chi connectivity index (χ1v) is 8.77. The van der Waals surface area contributed by atoms with Crippen molar-refractivity contribution in [1.82, 2.24) is 14.1 Å². The van der Waals surface area contributed by atoms with E-state index < -0.39 is 0 Å². The number of ether oxygens (including phenoxy) is 2. The van der Waals surface area contributed by atoms with Crippen LogP contribution in [0, 0.1) is 6.92 Å². The van der Waals surface area contributed by atoms with E-state index in [-0.39, 0.29) is 18.2 Å². The number of aryl methyl sites for hydroxylation is 2. The fourth-order valence-corrected chi connectivity index (χ4v) is 3.40. The number of hydrogen-bond acceptors (Lipinski definition) is 5. The van der Waals surface area contributed by atoms with Gasteiger partial charge in [-0.05, 0) is 30.7 Å². The number of aliphatic hydroxyl groups is 1. The summed E-state index contributed by atoms with van der Waals surface area (Å²) in [5.41, 5.74) is 3.96. The average Bonchev–Trinajstić information content (AvgIpc) is 3.03. The Labute approximate surface area is 157 Å². The highest BCUT2D eigenvalue weighted by Gasteiger charge is 2.21. The molecule has 2 aromatic heterocycles. The highest BCUT2D eigenvalue weighted by Crippen LogP contribution is 2.29. The molecule has 3 aromatic rings. The van der Waals surface area contributed by atoms with Gasteiger partial charge >= 0.3 is 0 Å². The molecule has 0 unspecified atom stereocenters. The van der Waals surface area contributed by atoms with Gasteiger partial charge in [-0.25, -0.2) is 4.98 Å². The summed E-state index contributed by atoms with van der Waals surface area (Å²) in [6.07, 6.45) is 1.79. The van der Waals surface area contributed by atoms with E-state index in [1.54, 1.807) is 39.0 Å². The molecule has 0 aliphatic rings. The van der Waals surface area contributed by atoms with Crippen molar-refractivity contribution in [1.29, 1.82) is 0 Å². The zero-order chi connectivity index (χ0) is 19.6. The molecule has 0 aliphatic heterocycles. The number of hydrogen-bond donors (Lipinski definition) is 1. The first kappa shape index (κ1) is 19.3. The molecule has 7 heteroatoms. The summed E-state index contributed by atoms with van der Waals surface area (Å²) in [4.78, 5) is 16.9. The van der Waals surface area contributed by atoms with E-state index in [9.17, 15) is 9.90 Å². The van der Waals surface area contributed by atoms with E-state index in [2.05, 4.69) is 4.57 Å². The molecule has 0 atom stereocenters. The number of benzene rings is 1. The van der Waals surface area contributed by atoms with Crippen LogP contribution in [0.2, 0.25) is 0 Å². The maximum absolute atomic E-state index is 12.1. The molecule has 0 bridgehead atoms. The average molecular weight is 371 g/mol. The van der Waals surface area contributed by atoms with Crippen LogP contribution in [0.1, 0.15) is 17.2 Å². The monoisotopic (exact) mass is 371 g/mol. The SMILES string of the molecule is COCC(COC)n1c(-c2cc(C)c(=O)n(C)c2)nc2cc(CO)ccc21. The third-order valence-corrected chi connectivity index (χ3v) is 4.64. The Kier molecular flexibility index (Phi) is 5.74. The lowest BCUT2D eigenvalue weighted by Crippen LogP contribution is -2.22. The molecule has 3 rings (SSSR count). The van der Waals surface area contributed by atoms with Gasteiger partial charge in [-0.15, -0.1) is 0 Å². The Bertz CT molecular complexity index is 974. The standard InChI is InChI=1S/C20H25N3O4/c1-13-7-15(9-22(2)20(13)25)19-21-17-8-14(10-24)5-6-18(17)23(19)16(11-26-3)12-27-4/h5-9,16,24H,10-12H2,1-4H3. The van der Waals surface area contributed by atoms with E-state index in [1.165, 1.54) is 0 Å². The molecule has 2 heterocycles. The quantitative estimate of drug-likeness (QED) is 0.688. The van der Waals surface area contributed by atoms with Crippen LogP contribution >= 0.6 is 0 Å². The molecular weight excluding hydrogens is 346 g/mol. The van der Waals surface area contributed by atoms with Crippen molar-refractivity contribution in [3.63, 3.8) is 0 Å². The van der Waals surface area contributed by atoms with Crippen LogP contribution in [0.3, 0.4) is 0 Å². The van der Waals surface area contributed by atoms with Crippen molar-refractivity contribution >= 4 is 11.0 Å². The van der Waals surface area contributed by atoms with E-state index in [0.29, 0.717) is 18.8 Å². The van der Waals surface area contributed by atoms with Crippen molar-refractivity contribution in [3.8, 4) is 11.4 Å². The number of rotatable bonds is 7. The highest BCUT2D eigenvalue weighted by molar-refractivity contribution is 5.81. The molecule has 0 saturated carbocycles. The summed E-state index contributed by atoms with van der Waals surface area (Å²) in [6, 6.07) is 7.47. The Morgan fingerprint density at radius 3 is 2.48 bits per heavy atom. The van der Waals surface area contributed by atoms with Crippen molar-refractivity contribution in [3.05, 3.63) is 51.9 Å².